The molecule has 0 fully saturated rings. The van der Waals surface area contributed by atoms with Crippen molar-refractivity contribution in [1.29, 1.82) is 0 Å². The Labute approximate surface area is 169 Å². The van der Waals surface area contributed by atoms with Gasteiger partial charge < -0.3 is 20.9 Å². The molecule has 2 unspecified atom stereocenters. The van der Waals surface area contributed by atoms with E-state index in [1.165, 1.54) is 13.8 Å². The summed E-state index contributed by atoms with van der Waals surface area (Å²) in [6.07, 6.45) is 0. The van der Waals surface area contributed by atoms with Gasteiger partial charge in [0.05, 0.1) is 0 Å². The van der Waals surface area contributed by atoms with E-state index in [9.17, 15) is 18.0 Å². The largest absolute Gasteiger partial charge is 0.464 e. The number of hydrogen-bond donors (Lipinski definition) is 2. The number of benzene rings is 2. The SMILES string of the molecule is CC(=O)OCC(c1ccccc1N)S(=O)(=O)C(COC(C)=O)c1ccccc1N. The van der Waals surface area contributed by atoms with Crippen LogP contribution in [0.15, 0.2) is 48.5 Å². The van der Waals surface area contributed by atoms with Crippen LogP contribution in [0.2, 0.25) is 0 Å². The van der Waals surface area contributed by atoms with E-state index in [1.54, 1.807) is 48.5 Å². The van der Waals surface area contributed by atoms with Crippen molar-refractivity contribution in [2.75, 3.05) is 24.7 Å². The van der Waals surface area contributed by atoms with Gasteiger partial charge in [-0.3, -0.25) is 9.59 Å². The van der Waals surface area contributed by atoms with Crippen molar-refractivity contribution >= 4 is 33.2 Å². The first-order valence-corrected chi connectivity index (χ1v) is 10.4. The van der Waals surface area contributed by atoms with Crippen molar-refractivity contribution in [2.45, 2.75) is 24.3 Å². The molecule has 0 aromatic heterocycles. The summed E-state index contributed by atoms with van der Waals surface area (Å²) in [4.78, 5) is 22.7. The van der Waals surface area contributed by atoms with Crippen LogP contribution < -0.4 is 11.5 Å². The quantitative estimate of drug-likeness (QED) is 0.489. The minimum absolute atomic E-state index is 0.237. The average Bonchev–Trinajstić information content (AvgIpc) is 2.64. The van der Waals surface area contributed by atoms with Crippen LogP contribution in [0, 0.1) is 0 Å². The highest BCUT2D eigenvalue weighted by Gasteiger charge is 2.39. The summed E-state index contributed by atoms with van der Waals surface area (Å²) in [5, 5.41) is -2.54. The summed E-state index contributed by atoms with van der Waals surface area (Å²) in [6, 6.07) is 12.8. The number of esters is 2. The molecule has 9 heteroatoms. The Hall–Kier alpha value is -3.07. The minimum Gasteiger partial charge on any atom is -0.464 e. The molecular weight excluding hydrogens is 396 g/mol. The molecule has 0 saturated carbocycles. The molecule has 0 aliphatic carbocycles. The van der Waals surface area contributed by atoms with Crippen LogP contribution in [-0.4, -0.2) is 33.6 Å². The molecule has 2 aromatic carbocycles. The molecule has 2 aromatic rings. The first-order valence-electron chi connectivity index (χ1n) is 8.82. The van der Waals surface area contributed by atoms with Gasteiger partial charge in [-0.2, -0.15) is 0 Å². The summed E-state index contributed by atoms with van der Waals surface area (Å²) in [5.41, 5.74) is 13.1. The van der Waals surface area contributed by atoms with Crippen molar-refractivity contribution < 1.29 is 27.5 Å². The van der Waals surface area contributed by atoms with E-state index in [0.29, 0.717) is 0 Å². The number of nitrogens with two attached hydrogens (primary N) is 2. The fraction of sp³-hybridized carbons (Fsp3) is 0.300. The Kier molecular flexibility index (Phi) is 7.22. The van der Waals surface area contributed by atoms with Crippen LogP contribution in [0.5, 0.6) is 0 Å². The standard InChI is InChI=1S/C20H24N2O6S/c1-13(23)27-11-19(15-7-3-5-9-17(15)21)29(25,26)20(12-28-14(2)24)16-8-4-6-10-18(16)22/h3-10,19-20H,11-12,21-22H2,1-2H3. The minimum atomic E-state index is -4.12. The third kappa shape index (κ3) is 5.47. The van der Waals surface area contributed by atoms with Crippen LogP contribution in [0.25, 0.3) is 0 Å². The fourth-order valence-corrected chi connectivity index (χ4v) is 4.96. The van der Waals surface area contributed by atoms with E-state index in [1.807, 2.05) is 0 Å². The van der Waals surface area contributed by atoms with Gasteiger partial charge in [-0.05, 0) is 23.3 Å². The third-order valence-electron chi connectivity index (χ3n) is 4.35. The van der Waals surface area contributed by atoms with Crippen LogP contribution in [0.1, 0.15) is 35.5 Å². The Morgan fingerprint density at radius 2 is 1.14 bits per heavy atom. The molecule has 0 bridgehead atoms. The summed E-state index contributed by atoms with van der Waals surface area (Å²) < 4.78 is 37.4. The molecule has 0 saturated heterocycles. The van der Waals surface area contributed by atoms with Gasteiger partial charge in [0.15, 0.2) is 9.84 Å². The molecule has 0 amide bonds. The molecule has 0 spiro atoms. The Balaban J connectivity index is 2.59. The molecule has 156 valence electrons. The second-order valence-corrected chi connectivity index (χ2v) is 8.75. The molecule has 2 atom stereocenters. The number of carbonyl (C=O) groups is 2. The van der Waals surface area contributed by atoms with E-state index in [-0.39, 0.29) is 22.5 Å². The summed E-state index contributed by atoms with van der Waals surface area (Å²) >= 11 is 0. The number of rotatable bonds is 8. The van der Waals surface area contributed by atoms with Crippen LogP contribution in [-0.2, 0) is 28.9 Å². The highest BCUT2D eigenvalue weighted by atomic mass is 32.2. The second kappa shape index (κ2) is 9.42. The summed E-state index contributed by atoms with van der Waals surface area (Å²) in [7, 11) is -4.12. The monoisotopic (exact) mass is 420 g/mol. The van der Waals surface area contributed by atoms with E-state index < -0.39 is 45.5 Å². The number of anilines is 2. The molecule has 0 heterocycles. The Bertz CT molecular complexity index is 916. The molecule has 4 N–H and O–H groups in total. The van der Waals surface area contributed by atoms with E-state index >= 15 is 0 Å². The first-order chi connectivity index (χ1) is 13.6. The molecule has 8 nitrogen and oxygen atoms in total. The lowest BCUT2D eigenvalue weighted by atomic mass is 10.1. The smallest absolute Gasteiger partial charge is 0.302 e. The van der Waals surface area contributed by atoms with Crippen molar-refractivity contribution in [3.05, 3.63) is 59.7 Å². The number of sulfone groups is 1. The maximum absolute atomic E-state index is 13.7. The van der Waals surface area contributed by atoms with Crippen LogP contribution in [0.4, 0.5) is 11.4 Å². The van der Waals surface area contributed by atoms with Crippen molar-refractivity contribution in [1.82, 2.24) is 0 Å². The molecule has 0 aliphatic heterocycles. The van der Waals surface area contributed by atoms with Gasteiger partial charge >= 0.3 is 11.9 Å². The van der Waals surface area contributed by atoms with Gasteiger partial charge in [-0.1, -0.05) is 36.4 Å². The van der Waals surface area contributed by atoms with Gasteiger partial charge in [0.1, 0.15) is 23.7 Å². The van der Waals surface area contributed by atoms with Crippen molar-refractivity contribution in [3.8, 4) is 0 Å². The second-order valence-electron chi connectivity index (χ2n) is 6.43. The zero-order valence-corrected chi connectivity index (χ0v) is 17.0. The number of hydrogen-bond acceptors (Lipinski definition) is 8. The van der Waals surface area contributed by atoms with Gasteiger partial charge in [0.2, 0.25) is 0 Å². The number of carbonyl (C=O) groups excluding carboxylic acids is 2. The van der Waals surface area contributed by atoms with Gasteiger partial charge in [0, 0.05) is 25.2 Å². The Morgan fingerprint density at radius 1 is 0.793 bits per heavy atom. The highest BCUT2D eigenvalue weighted by Crippen LogP contribution is 2.38. The summed E-state index contributed by atoms with van der Waals surface area (Å²) in [5.74, 6) is -1.26. The van der Waals surface area contributed by atoms with Gasteiger partial charge in [-0.15, -0.1) is 0 Å². The molecule has 2 rings (SSSR count). The summed E-state index contributed by atoms with van der Waals surface area (Å²) in [6.45, 7) is 1.50. The van der Waals surface area contributed by atoms with E-state index in [0.717, 1.165) is 0 Å². The zero-order valence-electron chi connectivity index (χ0n) is 16.2. The number of nitrogen functional groups attached to an aromatic ring is 2. The lowest BCUT2D eigenvalue weighted by Gasteiger charge is -2.26. The van der Waals surface area contributed by atoms with E-state index in [2.05, 4.69) is 0 Å². The Morgan fingerprint density at radius 3 is 1.45 bits per heavy atom. The molecular formula is C20H24N2O6S. The maximum Gasteiger partial charge on any atom is 0.302 e. The van der Waals surface area contributed by atoms with Gasteiger partial charge in [-0.25, -0.2) is 8.42 Å². The highest BCUT2D eigenvalue weighted by molar-refractivity contribution is 7.92. The molecule has 29 heavy (non-hydrogen) atoms. The van der Waals surface area contributed by atoms with Crippen molar-refractivity contribution in [3.63, 3.8) is 0 Å². The molecule has 0 radical (unpaired) electrons. The predicted octanol–water partition coefficient (Wildman–Crippen LogP) is 2.17. The number of para-hydroxylation sites is 2. The lowest BCUT2D eigenvalue weighted by molar-refractivity contribution is -0.141. The maximum atomic E-state index is 13.7. The van der Waals surface area contributed by atoms with Gasteiger partial charge in [0.25, 0.3) is 0 Å². The van der Waals surface area contributed by atoms with Crippen molar-refractivity contribution in [2.24, 2.45) is 0 Å². The fourth-order valence-electron chi connectivity index (χ4n) is 2.92. The predicted molar refractivity (Wildman–Crippen MR) is 109 cm³/mol. The number of ether oxygens (including phenoxy) is 2. The normalized spacial score (nSPS) is 13.3. The topological polar surface area (TPSA) is 139 Å². The van der Waals surface area contributed by atoms with E-state index in [4.69, 9.17) is 20.9 Å². The first kappa shape index (κ1) is 22.2. The average molecular weight is 420 g/mol. The van der Waals surface area contributed by atoms with Crippen LogP contribution in [0.3, 0.4) is 0 Å². The lowest BCUT2D eigenvalue weighted by Crippen LogP contribution is -2.29. The third-order valence-corrected chi connectivity index (χ3v) is 6.72. The van der Waals surface area contributed by atoms with Crippen LogP contribution >= 0.6 is 0 Å². The zero-order chi connectivity index (χ0) is 21.6. The molecule has 0 aliphatic rings.